The van der Waals surface area contributed by atoms with Crippen LogP contribution >= 0.6 is 0 Å². The molecule has 0 saturated heterocycles. The molecule has 1 aromatic carbocycles. The first-order valence-electron chi connectivity index (χ1n) is 4.65. The fourth-order valence-electron chi connectivity index (χ4n) is 1.84. The van der Waals surface area contributed by atoms with E-state index in [2.05, 4.69) is 18.3 Å². The molecule has 1 atom stereocenters. The molecule has 14 heavy (non-hydrogen) atoms. The number of fused-ring (bicyclic) bond motifs is 1. The first kappa shape index (κ1) is 9.06. The molecule has 74 valence electrons. The fourth-order valence-corrected chi connectivity index (χ4v) is 1.84. The SMILES string of the molecule is COC(=O)[C@@H]1Cc2c(C)cccc2N1. The van der Waals surface area contributed by atoms with E-state index in [4.69, 9.17) is 4.74 Å². The number of nitrogens with one attached hydrogen (secondary N) is 1. The van der Waals surface area contributed by atoms with E-state index in [9.17, 15) is 4.79 Å². The molecule has 1 aliphatic rings. The van der Waals surface area contributed by atoms with Crippen LogP contribution in [0.4, 0.5) is 5.69 Å². The number of methoxy groups -OCH3 is 1. The summed E-state index contributed by atoms with van der Waals surface area (Å²) < 4.78 is 4.70. The summed E-state index contributed by atoms with van der Waals surface area (Å²) in [7, 11) is 1.42. The Morgan fingerprint density at radius 1 is 1.57 bits per heavy atom. The van der Waals surface area contributed by atoms with Gasteiger partial charge in [-0.1, -0.05) is 12.1 Å². The topological polar surface area (TPSA) is 38.3 Å². The zero-order chi connectivity index (χ0) is 10.1. The largest absolute Gasteiger partial charge is 0.467 e. The highest BCUT2D eigenvalue weighted by atomic mass is 16.5. The van der Waals surface area contributed by atoms with Gasteiger partial charge in [-0.15, -0.1) is 0 Å². The van der Waals surface area contributed by atoms with Crippen molar-refractivity contribution < 1.29 is 9.53 Å². The second-order valence-electron chi connectivity index (χ2n) is 3.53. The molecular formula is C11H13NO2. The van der Waals surface area contributed by atoms with Crippen LogP contribution in [0.5, 0.6) is 0 Å². The lowest BCUT2D eigenvalue weighted by molar-refractivity contribution is -0.141. The van der Waals surface area contributed by atoms with Crippen LogP contribution in [0.1, 0.15) is 11.1 Å². The Labute approximate surface area is 83.1 Å². The summed E-state index contributed by atoms with van der Waals surface area (Å²) in [6.45, 7) is 2.06. The molecule has 0 spiro atoms. The maximum absolute atomic E-state index is 11.3. The van der Waals surface area contributed by atoms with E-state index in [-0.39, 0.29) is 12.0 Å². The van der Waals surface area contributed by atoms with Crippen molar-refractivity contribution in [3.8, 4) is 0 Å². The molecule has 1 aliphatic heterocycles. The Kier molecular flexibility index (Phi) is 2.15. The number of ether oxygens (including phenoxy) is 1. The smallest absolute Gasteiger partial charge is 0.328 e. The minimum absolute atomic E-state index is 0.194. The second kappa shape index (κ2) is 3.33. The van der Waals surface area contributed by atoms with Crippen molar-refractivity contribution in [1.29, 1.82) is 0 Å². The molecule has 0 saturated carbocycles. The highest BCUT2D eigenvalue weighted by Crippen LogP contribution is 2.28. The number of carbonyl (C=O) groups is 1. The van der Waals surface area contributed by atoms with Crippen LogP contribution in [-0.2, 0) is 16.0 Å². The van der Waals surface area contributed by atoms with Crippen LogP contribution in [0.2, 0.25) is 0 Å². The van der Waals surface area contributed by atoms with E-state index >= 15 is 0 Å². The van der Waals surface area contributed by atoms with Crippen molar-refractivity contribution in [3.05, 3.63) is 29.3 Å². The zero-order valence-electron chi connectivity index (χ0n) is 8.33. The Hall–Kier alpha value is -1.51. The molecule has 0 radical (unpaired) electrons. The van der Waals surface area contributed by atoms with Crippen molar-refractivity contribution >= 4 is 11.7 Å². The van der Waals surface area contributed by atoms with E-state index in [0.717, 1.165) is 12.1 Å². The molecule has 0 aliphatic carbocycles. The number of anilines is 1. The average Bonchev–Trinajstić information content (AvgIpc) is 2.62. The predicted molar refractivity (Wildman–Crippen MR) is 54.3 cm³/mol. The van der Waals surface area contributed by atoms with Gasteiger partial charge >= 0.3 is 5.97 Å². The first-order valence-corrected chi connectivity index (χ1v) is 4.65. The van der Waals surface area contributed by atoms with Gasteiger partial charge in [0.05, 0.1) is 7.11 Å². The highest BCUT2D eigenvalue weighted by Gasteiger charge is 2.27. The van der Waals surface area contributed by atoms with Gasteiger partial charge < -0.3 is 10.1 Å². The molecule has 1 N–H and O–H groups in total. The summed E-state index contributed by atoms with van der Waals surface area (Å²) in [5, 5.41) is 3.15. The number of hydrogen-bond acceptors (Lipinski definition) is 3. The van der Waals surface area contributed by atoms with Crippen molar-refractivity contribution in [2.75, 3.05) is 12.4 Å². The van der Waals surface area contributed by atoms with Gasteiger partial charge in [-0.05, 0) is 24.1 Å². The normalized spacial score (nSPS) is 18.6. The maximum Gasteiger partial charge on any atom is 0.328 e. The van der Waals surface area contributed by atoms with Gasteiger partial charge in [0.25, 0.3) is 0 Å². The van der Waals surface area contributed by atoms with E-state index in [0.29, 0.717) is 0 Å². The molecule has 0 unspecified atom stereocenters. The highest BCUT2D eigenvalue weighted by molar-refractivity contribution is 5.83. The van der Waals surface area contributed by atoms with E-state index < -0.39 is 0 Å². The molecule has 3 heteroatoms. The van der Waals surface area contributed by atoms with Crippen LogP contribution in [-0.4, -0.2) is 19.1 Å². The maximum atomic E-state index is 11.3. The fraction of sp³-hybridized carbons (Fsp3) is 0.364. The average molecular weight is 191 g/mol. The molecule has 0 aromatic heterocycles. The van der Waals surface area contributed by atoms with Crippen LogP contribution < -0.4 is 5.32 Å². The lowest BCUT2D eigenvalue weighted by Gasteiger charge is -2.07. The van der Waals surface area contributed by atoms with E-state index in [1.165, 1.54) is 18.2 Å². The number of rotatable bonds is 1. The number of hydrogen-bond donors (Lipinski definition) is 1. The third kappa shape index (κ3) is 1.35. The predicted octanol–water partition coefficient (Wildman–Crippen LogP) is 1.50. The third-order valence-corrected chi connectivity index (χ3v) is 2.63. The summed E-state index contributed by atoms with van der Waals surface area (Å²) in [6.07, 6.45) is 0.731. The minimum atomic E-state index is -0.212. The van der Waals surface area contributed by atoms with Crippen molar-refractivity contribution in [2.24, 2.45) is 0 Å². The summed E-state index contributed by atoms with van der Waals surface area (Å²) in [5.74, 6) is -0.194. The van der Waals surface area contributed by atoms with Crippen molar-refractivity contribution in [3.63, 3.8) is 0 Å². The second-order valence-corrected chi connectivity index (χ2v) is 3.53. The molecule has 1 aromatic rings. The van der Waals surface area contributed by atoms with E-state index in [1.54, 1.807) is 0 Å². The van der Waals surface area contributed by atoms with Gasteiger partial charge in [-0.3, -0.25) is 0 Å². The monoisotopic (exact) mass is 191 g/mol. The quantitative estimate of drug-likeness (QED) is 0.684. The van der Waals surface area contributed by atoms with Gasteiger partial charge in [0, 0.05) is 12.1 Å². The van der Waals surface area contributed by atoms with Gasteiger partial charge in [-0.2, -0.15) is 0 Å². The molecule has 2 rings (SSSR count). The standard InChI is InChI=1S/C11H13NO2/c1-7-4-3-5-9-8(7)6-10(12-9)11(13)14-2/h3-5,10,12H,6H2,1-2H3/t10-/m0/s1. The molecule has 0 amide bonds. The molecule has 0 fully saturated rings. The van der Waals surface area contributed by atoms with Crippen LogP contribution in [0, 0.1) is 6.92 Å². The molecule has 3 nitrogen and oxygen atoms in total. The number of carbonyl (C=O) groups excluding carboxylic acids is 1. The van der Waals surface area contributed by atoms with Crippen LogP contribution in [0.25, 0.3) is 0 Å². The lowest BCUT2D eigenvalue weighted by Crippen LogP contribution is -2.27. The van der Waals surface area contributed by atoms with Gasteiger partial charge in [0.2, 0.25) is 0 Å². The Bertz CT molecular complexity index is 374. The zero-order valence-corrected chi connectivity index (χ0v) is 8.33. The van der Waals surface area contributed by atoms with Gasteiger partial charge in [0.15, 0.2) is 0 Å². The molecule has 1 heterocycles. The van der Waals surface area contributed by atoms with Gasteiger partial charge in [0.1, 0.15) is 6.04 Å². The van der Waals surface area contributed by atoms with E-state index in [1.807, 2.05) is 12.1 Å². The third-order valence-electron chi connectivity index (χ3n) is 2.63. The van der Waals surface area contributed by atoms with Crippen molar-refractivity contribution in [2.45, 2.75) is 19.4 Å². The Morgan fingerprint density at radius 2 is 2.36 bits per heavy atom. The van der Waals surface area contributed by atoms with Crippen LogP contribution in [0.3, 0.4) is 0 Å². The van der Waals surface area contributed by atoms with Crippen LogP contribution in [0.15, 0.2) is 18.2 Å². The summed E-state index contributed by atoms with van der Waals surface area (Å²) in [4.78, 5) is 11.3. The molecule has 0 bridgehead atoms. The Balaban J connectivity index is 2.26. The number of benzene rings is 1. The van der Waals surface area contributed by atoms with Crippen molar-refractivity contribution in [1.82, 2.24) is 0 Å². The minimum Gasteiger partial charge on any atom is -0.467 e. The molecular weight excluding hydrogens is 178 g/mol. The first-order chi connectivity index (χ1) is 6.72. The van der Waals surface area contributed by atoms with Gasteiger partial charge in [-0.25, -0.2) is 4.79 Å². The summed E-state index contributed by atoms with van der Waals surface area (Å²) >= 11 is 0. The summed E-state index contributed by atoms with van der Waals surface area (Å²) in [5.41, 5.74) is 3.50. The Morgan fingerprint density at radius 3 is 3.00 bits per heavy atom. The summed E-state index contributed by atoms with van der Waals surface area (Å²) in [6, 6.07) is 5.82. The lowest BCUT2D eigenvalue weighted by atomic mass is 10.0. The number of esters is 1. The number of aryl methyl sites for hydroxylation is 1.